The molecule has 2 heterocycles. The average Bonchev–Trinajstić information content (AvgIpc) is 2.80. The first-order valence-electron chi connectivity index (χ1n) is 12.9. The fraction of sp³-hybridized carbons (Fsp3) is 0.517. The third-order valence-corrected chi connectivity index (χ3v) is 8.69. The van der Waals surface area contributed by atoms with E-state index in [1.807, 2.05) is 61.5 Å². The molecule has 0 amide bonds. The van der Waals surface area contributed by atoms with Gasteiger partial charge in [0.1, 0.15) is 11.4 Å². The normalized spacial score (nSPS) is 17.0. The SMILES string of the molecule is CC(C)c1ccc(S(=O)(=O)Nc2cccc(C(C3=C(O)CC(C(C)C)(C(C)C)OC3=O)C(C)C)c2)nc1. The zero-order valence-corrected chi connectivity index (χ0v) is 23.9. The van der Waals surface area contributed by atoms with Gasteiger partial charge in [-0.15, -0.1) is 0 Å². The second-order valence-corrected chi connectivity index (χ2v) is 12.9. The van der Waals surface area contributed by atoms with Gasteiger partial charge in [0.2, 0.25) is 0 Å². The summed E-state index contributed by atoms with van der Waals surface area (Å²) in [5.74, 6) is -0.726. The molecule has 1 aliphatic rings. The van der Waals surface area contributed by atoms with E-state index >= 15 is 0 Å². The summed E-state index contributed by atoms with van der Waals surface area (Å²) < 4.78 is 34.7. The van der Waals surface area contributed by atoms with E-state index in [0.29, 0.717) is 11.3 Å². The van der Waals surface area contributed by atoms with E-state index in [0.717, 1.165) is 5.56 Å². The highest BCUT2D eigenvalue weighted by molar-refractivity contribution is 7.92. The smallest absolute Gasteiger partial charge is 0.338 e. The van der Waals surface area contributed by atoms with Crippen LogP contribution in [-0.4, -0.2) is 30.1 Å². The summed E-state index contributed by atoms with van der Waals surface area (Å²) in [4.78, 5) is 17.5. The molecule has 1 aromatic heterocycles. The molecule has 1 atom stereocenters. The summed E-state index contributed by atoms with van der Waals surface area (Å²) in [6.45, 7) is 15.9. The van der Waals surface area contributed by atoms with Gasteiger partial charge in [0.15, 0.2) is 5.03 Å². The molecule has 2 aromatic rings. The highest BCUT2D eigenvalue weighted by atomic mass is 32.2. The van der Waals surface area contributed by atoms with Crippen LogP contribution in [0.15, 0.2) is 59.0 Å². The maximum atomic E-state index is 13.4. The summed E-state index contributed by atoms with van der Waals surface area (Å²) in [6.07, 6.45) is 1.82. The maximum Gasteiger partial charge on any atom is 0.338 e. The van der Waals surface area contributed by atoms with E-state index in [9.17, 15) is 18.3 Å². The van der Waals surface area contributed by atoms with Gasteiger partial charge >= 0.3 is 5.97 Å². The number of aliphatic hydroxyl groups is 1. The molecule has 0 saturated heterocycles. The Bertz CT molecular complexity index is 1250. The minimum atomic E-state index is -3.91. The van der Waals surface area contributed by atoms with Crippen molar-refractivity contribution < 1.29 is 23.1 Å². The quantitative estimate of drug-likeness (QED) is 0.357. The van der Waals surface area contributed by atoms with Gasteiger partial charge in [0.25, 0.3) is 10.0 Å². The Labute approximate surface area is 221 Å². The number of carbonyl (C=O) groups excluding carboxylic acids is 1. The number of nitrogens with zero attached hydrogens (tertiary/aromatic N) is 1. The number of pyridine rings is 1. The lowest BCUT2D eigenvalue weighted by molar-refractivity contribution is -0.173. The summed E-state index contributed by atoms with van der Waals surface area (Å²) in [6, 6.07) is 10.2. The molecule has 0 fully saturated rings. The number of aliphatic hydroxyl groups excluding tert-OH is 1. The van der Waals surface area contributed by atoms with Crippen molar-refractivity contribution in [1.29, 1.82) is 0 Å². The molecule has 0 aliphatic carbocycles. The van der Waals surface area contributed by atoms with Crippen molar-refractivity contribution in [1.82, 2.24) is 4.98 Å². The molecule has 1 unspecified atom stereocenters. The highest BCUT2D eigenvalue weighted by Gasteiger charge is 2.48. The Morgan fingerprint density at radius 2 is 1.62 bits per heavy atom. The molecule has 0 spiro atoms. The average molecular weight is 529 g/mol. The molecule has 202 valence electrons. The number of hydrogen-bond acceptors (Lipinski definition) is 6. The first-order chi connectivity index (χ1) is 17.2. The molecule has 37 heavy (non-hydrogen) atoms. The third kappa shape index (κ3) is 5.84. The van der Waals surface area contributed by atoms with Gasteiger partial charge in [-0.1, -0.05) is 73.6 Å². The fourth-order valence-corrected chi connectivity index (χ4v) is 6.12. The van der Waals surface area contributed by atoms with Crippen LogP contribution in [0.2, 0.25) is 0 Å². The second kappa shape index (κ2) is 10.9. The van der Waals surface area contributed by atoms with Gasteiger partial charge in [0, 0.05) is 24.2 Å². The number of carbonyl (C=O) groups is 1. The Kier molecular flexibility index (Phi) is 8.42. The van der Waals surface area contributed by atoms with Gasteiger partial charge in [-0.05, 0) is 53.0 Å². The number of hydrogen-bond donors (Lipinski definition) is 2. The lowest BCUT2D eigenvalue weighted by atomic mass is 9.72. The Hall–Kier alpha value is -2.87. The number of esters is 1. The molecule has 0 radical (unpaired) electrons. The predicted molar refractivity (Wildman–Crippen MR) is 146 cm³/mol. The van der Waals surface area contributed by atoms with Gasteiger partial charge in [-0.25, -0.2) is 9.78 Å². The molecule has 0 bridgehead atoms. The van der Waals surface area contributed by atoms with E-state index in [1.54, 1.807) is 30.5 Å². The highest BCUT2D eigenvalue weighted by Crippen LogP contribution is 2.45. The van der Waals surface area contributed by atoms with Crippen molar-refractivity contribution >= 4 is 21.7 Å². The van der Waals surface area contributed by atoms with Crippen molar-refractivity contribution in [3.8, 4) is 0 Å². The minimum Gasteiger partial charge on any atom is -0.512 e. The standard InChI is InChI=1S/C29H40N2O5S/c1-17(2)22-12-13-25(30-16-22)37(34,35)31-23-11-9-10-21(14-23)26(18(3)4)27-24(32)15-29(19(5)6,20(7)8)36-28(27)33/h9-14,16-20,26,31-32H,15H2,1-8H3. The first-order valence-corrected chi connectivity index (χ1v) is 14.4. The summed E-state index contributed by atoms with van der Waals surface area (Å²) in [7, 11) is -3.91. The topological polar surface area (TPSA) is 106 Å². The molecule has 3 rings (SSSR count). The molecule has 1 aromatic carbocycles. The molecule has 8 heteroatoms. The van der Waals surface area contributed by atoms with Crippen molar-refractivity contribution in [2.45, 2.75) is 84.3 Å². The van der Waals surface area contributed by atoms with E-state index in [-0.39, 0.29) is 46.5 Å². The Balaban J connectivity index is 1.97. The summed E-state index contributed by atoms with van der Waals surface area (Å²) in [5.41, 5.74) is 1.46. The van der Waals surface area contributed by atoms with Crippen LogP contribution in [0.5, 0.6) is 0 Å². The van der Waals surface area contributed by atoms with Crippen molar-refractivity contribution in [2.24, 2.45) is 17.8 Å². The molecular weight excluding hydrogens is 488 g/mol. The number of sulfonamides is 1. The largest absolute Gasteiger partial charge is 0.512 e. The van der Waals surface area contributed by atoms with E-state index in [1.165, 1.54) is 6.07 Å². The number of benzene rings is 1. The van der Waals surface area contributed by atoms with E-state index in [4.69, 9.17) is 4.74 Å². The molecular formula is C29H40N2O5S. The number of aromatic nitrogens is 1. The fourth-order valence-electron chi connectivity index (χ4n) is 5.14. The van der Waals surface area contributed by atoms with Gasteiger partial charge in [0.05, 0.1) is 5.57 Å². The Morgan fingerprint density at radius 1 is 0.973 bits per heavy atom. The number of rotatable bonds is 9. The zero-order chi connectivity index (χ0) is 27.7. The van der Waals surface area contributed by atoms with Crippen LogP contribution in [0.25, 0.3) is 0 Å². The third-order valence-electron chi connectivity index (χ3n) is 7.39. The number of anilines is 1. The summed E-state index contributed by atoms with van der Waals surface area (Å²) in [5, 5.41) is 11.1. The van der Waals surface area contributed by atoms with Crippen LogP contribution in [0.4, 0.5) is 5.69 Å². The molecule has 0 saturated carbocycles. The summed E-state index contributed by atoms with van der Waals surface area (Å²) >= 11 is 0. The van der Waals surface area contributed by atoms with Gasteiger partial charge in [-0.2, -0.15) is 8.42 Å². The van der Waals surface area contributed by atoms with Crippen LogP contribution < -0.4 is 4.72 Å². The first kappa shape index (κ1) is 28.7. The molecule has 2 N–H and O–H groups in total. The van der Waals surface area contributed by atoms with Crippen molar-refractivity contribution in [2.75, 3.05) is 4.72 Å². The van der Waals surface area contributed by atoms with Crippen LogP contribution >= 0.6 is 0 Å². The van der Waals surface area contributed by atoms with Gasteiger partial charge in [-0.3, -0.25) is 4.72 Å². The lowest BCUT2D eigenvalue weighted by Crippen LogP contribution is -2.49. The van der Waals surface area contributed by atoms with E-state index in [2.05, 4.69) is 9.71 Å². The minimum absolute atomic E-state index is 0.0265. The molecule has 1 aliphatic heterocycles. The van der Waals surface area contributed by atoms with Crippen molar-refractivity contribution in [3.05, 3.63) is 65.1 Å². The van der Waals surface area contributed by atoms with Crippen LogP contribution in [0, 0.1) is 17.8 Å². The van der Waals surface area contributed by atoms with Crippen LogP contribution in [0.1, 0.15) is 84.8 Å². The Morgan fingerprint density at radius 3 is 2.11 bits per heavy atom. The monoisotopic (exact) mass is 528 g/mol. The zero-order valence-electron chi connectivity index (χ0n) is 23.1. The van der Waals surface area contributed by atoms with E-state index < -0.39 is 27.5 Å². The predicted octanol–water partition coefficient (Wildman–Crippen LogP) is 6.56. The number of cyclic esters (lactones) is 1. The second-order valence-electron chi connectivity index (χ2n) is 11.2. The molecule has 7 nitrogen and oxygen atoms in total. The number of ether oxygens (including phenoxy) is 1. The lowest BCUT2D eigenvalue weighted by Gasteiger charge is -2.44. The van der Waals surface area contributed by atoms with Crippen LogP contribution in [-0.2, 0) is 19.6 Å². The van der Waals surface area contributed by atoms with Crippen molar-refractivity contribution in [3.63, 3.8) is 0 Å². The van der Waals surface area contributed by atoms with Crippen LogP contribution in [0.3, 0.4) is 0 Å². The van der Waals surface area contributed by atoms with Gasteiger partial charge < -0.3 is 9.84 Å². The maximum absolute atomic E-state index is 13.4. The number of nitrogens with one attached hydrogen (secondary N) is 1.